The summed E-state index contributed by atoms with van der Waals surface area (Å²) in [6, 6.07) is 5.16. The second kappa shape index (κ2) is 9.03. The van der Waals surface area contributed by atoms with Gasteiger partial charge in [0.15, 0.2) is 11.8 Å². The molecule has 1 fully saturated rings. The average molecular weight is 396 g/mol. The molecule has 0 amide bonds. The average Bonchev–Trinajstić information content (AvgIpc) is 3.16. The number of hydrogen-bond donors (Lipinski definition) is 2. The number of hydrogen-bond acceptors (Lipinski definition) is 5. The van der Waals surface area contributed by atoms with Crippen molar-refractivity contribution in [1.29, 1.82) is 0 Å². The predicted molar refractivity (Wildman–Crippen MR) is 97.5 cm³/mol. The lowest BCUT2D eigenvalue weighted by atomic mass is 9.85. The molecule has 1 saturated carbocycles. The highest BCUT2D eigenvalue weighted by molar-refractivity contribution is 5.79. The third kappa shape index (κ3) is 5.43. The molecular weight excluding hydrogens is 373 g/mol. The number of pyridine rings is 1. The highest BCUT2D eigenvalue weighted by atomic mass is 19.4. The first-order valence-electron chi connectivity index (χ1n) is 9.23. The molecule has 28 heavy (non-hydrogen) atoms. The minimum Gasteiger partial charge on any atom is -0.356 e. The van der Waals surface area contributed by atoms with Crippen molar-refractivity contribution < 1.29 is 17.7 Å². The van der Waals surface area contributed by atoms with E-state index in [1.807, 2.05) is 6.07 Å². The Balaban J connectivity index is 1.47. The fourth-order valence-electron chi connectivity index (χ4n) is 3.25. The molecule has 2 heterocycles. The Morgan fingerprint density at radius 1 is 1.32 bits per heavy atom. The molecule has 0 bridgehead atoms. The Morgan fingerprint density at radius 3 is 2.89 bits per heavy atom. The summed E-state index contributed by atoms with van der Waals surface area (Å²) in [6.45, 7) is 0.469. The van der Waals surface area contributed by atoms with Crippen LogP contribution in [0.15, 0.2) is 33.9 Å². The van der Waals surface area contributed by atoms with Crippen molar-refractivity contribution in [3.63, 3.8) is 0 Å². The van der Waals surface area contributed by atoms with Crippen LogP contribution in [0, 0.1) is 5.92 Å². The highest BCUT2D eigenvalue weighted by Gasteiger charge is 2.42. The standard InChI is InChI=1S/C18H23F3N6O/c1-22-17(25-13-6-4-5-12(11-13)18(19,20)21)24-10-8-15-26-16(28-27-15)14-7-2-3-9-23-14/h2-3,7,9,12-13H,4-6,8,10-11H2,1H3,(H2,22,24,25). The van der Waals surface area contributed by atoms with Gasteiger partial charge in [0.05, 0.1) is 5.92 Å². The van der Waals surface area contributed by atoms with Crippen LogP contribution in [0.25, 0.3) is 11.6 Å². The lowest BCUT2D eigenvalue weighted by Crippen LogP contribution is -2.47. The summed E-state index contributed by atoms with van der Waals surface area (Å²) in [5, 5.41) is 10.1. The fourth-order valence-corrected chi connectivity index (χ4v) is 3.25. The molecule has 2 aromatic heterocycles. The lowest BCUT2D eigenvalue weighted by molar-refractivity contribution is -0.183. The minimum absolute atomic E-state index is 0.0719. The van der Waals surface area contributed by atoms with Crippen LogP contribution in [0.2, 0.25) is 0 Å². The quantitative estimate of drug-likeness (QED) is 0.597. The zero-order valence-electron chi connectivity index (χ0n) is 15.5. The molecule has 0 radical (unpaired) electrons. The SMILES string of the molecule is CN=C(NCCc1noc(-c2ccccn2)n1)NC1CCCC(C(F)(F)F)C1. The Hall–Kier alpha value is -2.65. The molecular formula is C18H23F3N6O. The van der Waals surface area contributed by atoms with Crippen LogP contribution in [0.4, 0.5) is 13.2 Å². The largest absolute Gasteiger partial charge is 0.391 e. The summed E-state index contributed by atoms with van der Waals surface area (Å²) in [7, 11) is 1.59. The van der Waals surface area contributed by atoms with Crippen molar-refractivity contribution in [1.82, 2.24) is 25.8 Å². The summed E-state index contributed by atoms with van der Waals surface area (Å²) >= 11 is 0. The van der Waals surface area contributed by atoms with E-state index in [1.54, 1.807) is 25.4 Å². The summed E-state index contributed by atoms with van der Waals surface area (Å²) in [4.78, 5) is 12.5. The number of guanidine groups is 1. The lowest BCUT2D eigenvalue weighted by Gasteiger charge is -2.31. The molecule has 152 valence electrons. The van der Waals surface area contributed by atoms with Crippen molar-refractivity contribution in [2.75, 3.05) is 13.6 Å². The smallest absolute Gasteiger partial charge is 0.356 e. The fraction of sp³-hybridized carbons (Fsp3) is 0.556. The second-order valence-corrected chi connectivity index (χ2v) is 6.73. The first-order chi connectivity index (χ1) is 13.5. The van der Waals surface area contributed by atoms with E-state index in [-0.39, 0.29) is 18.9 Å². The van der Waals surface area contributed by atoms with Crippen LogP contribution in [0.3, 0.4) is 0 Å². The van der Waals surface area contributed by atoms with Gasteiger partial charge in [-0.2, -0.15) is 18.2 Å². The van der Waals surface area contributed by atoms with Crippen molar-refractivity contribution in [3.05, 3.63) is 30.2 Å². The normalized spacial score (nSPS) is 20.8. The number of nitrogens with zero attached hydrogens (tertiary/aromatic N) is 4. The Morgan fingerprint density at radius 2 is 2.18 bits per heavy atom. The molecule has 2 N–H and O–H groups in total. The Labute approximate surface area is 160 Å². The van der Waals surface area contributed by atoms with E-state index in [4.69, 9.17) is 4.52 Å². The molecule has 0 spiro atoms. The topological polar surface area (TPSA) is 88.2 Å². The van der Waals surface area contributed by atoms with E-state index in [2.05, 4.69) is 30.8 Å². The number of aromatic nitrogens is 3. The van der Waals surface area contributed by atoms with E-state index in [9.17, 15) is 13.2 Å². The maximum absolute atomic E-state index is 12.9. The molecule has 0 aromatic carbocycles. The van der Waals surface area contributed by atoms with Crippen LogP contribution in [-0.4, -0.2) is 46.9 Å². The van der Waals surface area contributed by atoms with Crippen LogP contribution < -0.4 is 10.6 Å². The van der Waals surface area contributed by atoms with E-state index >= 15 is 0 Å². The zero-order chi connectivity index (χ0) is 20.0. The molecule has 10 heteroatoms. The number of nitrogens with one attached hydrogen (secondary N) is 2. The van der Waals surface area contributed by atoms with Gasteiger partial charge in [0.1, 0.15) is 5.69 Å². The maximum atomic E-state index is 12.9. The molecule has 0 aliphatic heterocycles. The first kappa shape index (κ1) is 20.1. The van der Waals surface area contributed by atoms with Gasteiger partial charge in [0.25, 0.3) is 5.89 Å². The molecule has 1 aliphatic carbocycles. The minimum atomic E-state index is -4.14. The maximum Gasteiger partial charge on any atom is 0.391 e. The second-order valence-electron chi connectivity index (χ2n) is 6.73. The summed E-state index contributed by atoms with van der Waals surface area (Å²) in [6.07, 6.45) is -0.491. The first-order valence-corrected chi connectivity index (χ1v) is 9.23. The number of rotatable bonds is 5. The van der Waals surface area contributed by atoms with Crippen molar-refractivity contribution in [3.8, 4) is 11.6 Å². The van der Waals surface area contributed by atoms with Crippen LogP contribution in [0.5, 0.6) is 0 Å². The zero-order valence-corrected chi connectivity index (χ0v) is 15.5. The van der Waals surface area contributed by atoms with Crippen molar-refractivity contribution in [2.24, 2.45) is 10.9 Å². The van der Waals surface area contributed by atoms with Gasteiger partial charge < -0.3 is 15.2 Å². The van der Waals surface area contributed by atoms with Crippen LogP contribution >= 0.6 is 0 Å². The number of aliphatic imine (C=N–C) groups is 1. The van der Waals surface area contributed by atoms with Crippen LogP contribution in [-0.2, 0) is 6.42 Å². The molecule has 0 saturated heterocycles. The third-order valence-electron chi connectivity index (χ3n) is 4.69. The van der Waals surface area contributed by atoms with Gasteiger partial charge >= 0.3 is 6.18 Å². The van der Waals surface area contributed by atoms with E-state index in [1.165, 1.54) is 0 Å². The Bertz CT molecular complexity index is 777. The van der Waals surface area contributed by atoms with Crippen molar-refractivity contribution >= 4 is 5.96 Å². The van der Waals surface area contributed by atoms with E-state index in [0.29, 0.717) is 49.2 Å². The third-order valence-corrected chi connectivity index (χ3v) is 4.69. The van der Waals surface area contributed by atoms with E-state index in [0.717, 1.165) is 0 Å². The van der Waals surface area contributed by atoms with Gasteiger partial charge in [0.2, 0.25) is 0 Å². The summed E-state index contributed by atoms with van der Waals surface area (Å²) in [5.74, 6) is 0.0828. The predicted octanol–water partition coefficient (Wildman–Crippen LogP) is 2.96. The monoisotopic (exact) mass is 396 g/mol. The Kier molecular flexibility index (Phi) is 6.48. The highest BCUT2D eigenvalue weighted by Crippen LogP contribution is 2.37. The summed E-state index contributed by atoms with van der Waals surface area (Å²) in [5.41, 5.74) is 0.600. The van der Waals surface area contributed by atoms with Crippen LogP contribution in [0.1, 0.15) is 31.5 Å². The molecule has 1 aliphatic rings. The molecule has 2 atom stereocenters. The van der Waals surface area contributed by atoms with Gasteiger partial charge in [-0.25, -0.2) is 0 Å². The molecule has 2 unspecified atom stereocenters. The van der Waals surface area contributed by atoms with Gasteiger partial charge in [-0.3, -0.25) is 9.98 Å². The molecule has 7 nitrogen and oxygen atoms in total. The molecule has 2 aromatic rings. The van der Waals surface area contributed by atoms with Gasteiger partial charge in [-0.05, 0) is 31.4 Å². The molecule has 3 rings (SSSR count). The number of alkyl halides is 3. The van der Waals surface area contributed by atoms with Crippen molar-refractivity contribution in [2.45, 2.75) is 44.3 Å². The van der Waals surface area contributed by atoms with E-state index < -0.39 is 12.1 Å². The summed E-state index contributed by atoms with van der Waals surface area (Å²) < 4.78 is 44.0. The van der Waals surface area contributed by atoms with Gasteiger partial charge in [0, 0.05) is 32.3 Å². The number of halogens is 3. The van der Waals surface area contributed by atoms with Gasteiger partial charge in [-0.1, -0.05) is 17.6 Å². The van der Waals surface area contributed by atoms with Gasteiger partial charge in [-0.15, -0.1) is 0 Å².